The van der Waals surface area contributed by atoms with Gasteiger partial charge in [0.25, 0.3) is 5.91 Å². The predicted octanol–water partition coefficient (Wildman–Crippen LogP) is 1.39. The average Bonchev–Trinajstić information content (AvgIpc) is 3.13. The maximum absolute atomic E-state index is 12.0. The summed E-state index contributed by atoms with van der Waals surface area (Å²) in [5, 5.41) is 37.6. The SMILES string of the molecule is CC(C)c1cc(-c2nnc(C(N)=O)n2-c2ccc(N(C)CCO)nc2)c(O)cc1O. The molecule has 1 amide bonds. The monoisotopic (exact) mass is 412 g/mol. The summed E-state index contributed by atoms with van der Waals surface area (Å²) < 4.78 is 1.40. The summed E-state index contributed by atoms with van der Waals surface area (Å²) in [6.07, 6.45) is 1.52. The number of anilines is 1. The highest BCUT2D eigenvalue weighted by Gasteiger charge is 2.23. The number of likely N-dealkylation sites (N-methyl/N-ethyl adjacent to an activating group) is 1. The molecule has 0 bridgehead atoms. The lowest BCUT2D eigenvalue weighted by atomic mass is 9.98. The Bertz CT molecular complexity index is 1060. The number of aromatic nitrogens is 4. The molecule has 2 aromatic heterocycles. The van der Waals surface area contributed by atoms with Gasteiger partial charge in [0.05, 0.1) is 24.1 Å². The fraction of sp³-hybridized carbons (Fsp3) is 0.300. The molecule has 0 unspecified atom stereocenters. The molecule has 0 atom stereocenters. The normalized spacial score (nSPS) is 11.1. The van der Waals surface area contributed by atoms with Gasteiger partial charge in [-0.25, -0.2) is 4.98 Å². The van der Waals surface area contributed by atoms with Crippen molar-refractivity contribution in [2.75, 3.05) is 25.1 Å². The minimum Gasteiger partial charge on any atom is -0.508 e. The van der Waals surface area contributed by atoms with Crippen LogP contribution in [0.4, 0.5) is 5.82 Å². The zero-order valence-corrected chi connectivity index (χ0v) is 16.9. The number of primary amides is 1. The summed E-state index contributed by atoms with van der Waals surface area (Å²) in [4.78, 5) is 18.1. The molecule has 0 aliphatic rings. The van der Waals surface area contributed by atoms with Gasteiger partial charge < -0.3 is 26.0 Å². The number of pyridine rings is 1. The minimum absolute atomic E-state index is 0.0142. The van der Waals surface area contributed by atoms with Crippen molar-refractivity contribution >= 4 is 11.7 Å². The van der Waals surface area contributed by atoms with E-state index in [0.717, 1.165) is 0 Å². The van der Waals surface area contributed by atoms with Gasteiger partial charge in [-0.15, -0.1) is 10.2 Å². The van der Waals surface area contributed by atoms with Crippen molar-refractivity contribution in [3.8, 4) is 28.6 Å². The summed E-state index contributed by atoms with van der Waals surface area (Å²) in [5.41, 5.74) is 6.84. The molecular weight excluding hydrogens is 388 g/mol. The zero-order valence-electron chi connectivity index (χ0n) is 16.9. The Hall–Kier alpha value is -3.66. The van der Waals surface area contributed by atoms with Crippen molar-refractivity contribution < 1.29 is 20.1 Å². The smallest absolute Gasteiger partial charge is 0.287 e. The first-order valence-corrected chi connectivity index (χ1v) is 9.34. The van der Waals surface area contributed by atoms with Gasteiger partial charge in [0.1, 0.15) is 17.3 Å². The number of carbonyl (C=O) groups excluding carboxylic acids is 1. The molecule has 1 aromatic carbocycles. The Balaban J connectivity index is 2.17. The number of benzene rings is 1. The molecule has 158 valence electrons. The third-order valence-electron chi connectivity index (χ3n) is 4.71. The summed E-state index contributed by atoms with van der Waals surface area (Å²) in [7, 11) is 1.79. The van der Waals surface area contributed by atoms with E-state index in [-0.39, 0.29) is 41.2 Å². The second-order valence-corrected chi connectivity index (χ2v) is 7.15. The minimum atomic E-state index is -0.794. The largest absolute Gasteiger partial charge is 0.508 e. The summed E-state index contributed by atoms with van der Waals surface area (Å²) in [6, 6.07) is 6.27. The number of aliphatic hydroxyl groups is 1. The number of carbonyl (C=O) groups is 1. The third-order valence-corrected chi connectivity index (χ3v) is 4.71. The first-order valence-electron chi connectivity index (χ1n) is 9.34. The van der Waals surface area contributed by atoms with E-state index in [4.69, 9.17) is 10.8 Å². The fourth-order valence-corrected chi connectivity index (χ4v) is 3.10. The van der Waals surface area contributed by atoms with Crippen molar-refractivity contribution in [3.63, 3.8) is 0 Å². The van der Waals surface area contributed by atoms with E-state index in [1.807, 2.05) is 13.8 Å². The number of hydrogen-bond donors (Lipinski definition) is 4. The molecule has 0 spiro atoms. The van der Waals surface area contributed by atoms with Crippen LogP contribution in [0.1, 0.15) is 35.9 Å². The molecule has 30 heavy (non-hydrogen) atoms. The number of nitrogens with zero attached hydrogens (tertiary/aromatic N) is 5. The molecule has 0 saturated heterocycles. The molecule has 10 nitrogen and oxygen atoms in total. The summed E-state index contributed by atoms with van der Waals surface area (Å²) in [6.45, 7) is 4.21. The number of phenolic OH excluding ortho intramolecular Hbond substituents is 2. The van der Waals surface area contributed by atoms with Crippen LogP contribution in [0.5, 0.6) is 11.5 Å². The van der Waals surface area contributed by atoms with Crippen LogP contribution in [0.2, 0.25) is 0 Å². The Morgan fingerprint density at radius 1 is 1.20 bits per heavy atom. The lowest BCUT2D eigenvalue weighted by Gasteiger charge is -2.17. The number of hydrogen-bond acceptors (Lipinski definition) is 8. The van der Waals surface area contributed by atoms with Gasteiger partial charge in [-0.05, 0) is 29.7 Å². The van der Waals surface area contributed by atoms with Gasteiger partial charge in [0.15, 0.2) is 5.82 Å². The summed E-state index contributed by atoms with van der Waals surface area (Å²) >= 11 is 0. The standard InChI is InChI=1S/C20H24N6O4/c1-11(2)13-8-14(16(29)9-15(13)28)19-23-24-20(18(21)30)26(19)12-4-5-17(22-10-12)25(3)6-7-27/h4-5,8-11,27-29H,6-7H2,1-3H3,(H2,21,30). The van der Waals surface area contributed by atoms with Crippen LogP contribution < -0.4 is 10.6 Å². The van der Waals surface area contributed by atoms with E-state index in [0.29, 0.717) is 23.6 Å². The van der Waals surface area contributed by atoms with Crippen molar-refractivity contribution in [3.05, 3.63) is 41.9 Å². The van der Waals surface area contributed by atoms with Crippen LogP contribution in [0.25, 0.3) is 17.1 Å². The Labute approximate surface area is 173 Å². The van der Waals surface area contributed by atoms with Gasteiger partial charge in [0.2, 0.25) is 5.82 Å². The van der Waals surface area contributed by atoms with E-state index in [1.165, 1.54) is 16.8 Å². The van der Waals surface area contributed by atoms with Crippen LogP contribution >= 0.6 is 0 Å². The number of nitrogens with two attached hydrogens (primary N) is 1. The maximum Gasteiger partial charge on any atom is 0.287 e. The highest BCUT2D eigenvalue weighted by atomic mass is 16.3. The highest BCUT2D eigenvalue weighted by Crippen LogP contribution is 2.38. The topological polar surface area (TPSA) is 151 Å². The first kappa shape index (κ1) is 21.1. The molecule has 3 rings (SSSR count). The number of phenols is 2. The number of amides is 1. The molecule has 0 radical (unpaired) electrons. The molecule has 0 aliphatic carbocycles. The van der Waals surface area contributed by atoms with Crippen molar-refractivity contribution in [2.24, 2.45) is 5.73 Å². The first-order chi connectivity index (χ1) is 14.2. The van der Waals surface area contributed by atoms with Crippen LogP contribution in [0.15, 0.2) is 30.5 Å². The van der Waals surface area contributed by atoms with Gasteiger partial charge in [-0.3, -0.25) is 9.36 Å². The second-order valence-electron chi connectivity index (χ2n) is 7.15. The van der Waals surface area contributed by atoms with E-state index < -0.39 is 5.91 Å². The van der Waals surface area contributed by atoms with Crippen molar-refractivity contribution in [1.82, 2.24) is 19.7 Å². The molecular formula is C20H24N6O4. The van der Waals surface area contributed by atoms with Gasteiger partial charge in [0, 0.05) is 19.7 Å². The van der Waals surface area contributed by atoms with Gasteiger partial charge >= 0.3 is 0 Å². The Morgan fingerprint density at radius 3 is 2.50 bits per heavy atom. The highest BCUT2D eigenvalue weighted by molar-refractivity contribution is 5.90. The van der Waals surface area contributed by atoms with Crippen molar-refractivity contribution in [2.45, 2.75) is 19.8 Å². The quantitative estimate of drug-likeness (QED) is 0.454. The third kappa shape index (κ3) is 3.90. The zero-order chi connectivity index (χ0) is 22.0. The lowest BCUT2D eigenvalue weighted by molar-refractivity contribution is 0.0988. The van der Waals surface area contributed by atoms with Gasteiger partial charge in [-0.2, -0.15) is 0 Å². The lowest BCUT2D eigenvalue weighted by Crippen LogP contribution is -2.22. The molecule has 3 aromatic rings. The van der Waals surface area contributed by atoms with Crippen LogP contribution in [0.3, 0.4) is 0 Å². The van der Waals surface area contributed by atoms with Crippen molar-refractivity contribution in [1.29, 1.82) is 0 Å². The van der Waals surface area contributed by atoms with E-state index in [2.05, 4.69) is 15.2 Å². The molecule has 10 heteroatoms. The van der Waals surface area contributed by atoms with Crippen LogP contribution in [0, 0.1) is 0 Å². The molecule has 0 fully saturated rings. The molecule has 0 aliphatic heterocycles. The van der Waals surface area contributed by atoms with E-state index in [9.17, 15) is 15.0 Å². The molecule has 5 N–H and O–H groups in total. The fourth-order valence-electron chi connectivity index (χ4n) is 3.10. The average molecular weight is 412 g/mol. The molecule has 0 saturated carbocycles. The van der Waals surface area contributed by atoms with Gasteiger partial charge in [-0.1, -0.05) is 13.8 Å². The number of rotatable bonds is 7. The Morgan fingerprint density at radius 2 is 1.93 bits per heavy atom. The number of aliphatic hydroxyl groups excluding tert-OH is 1. The molecule has 2 heterocycles. The van der Waals surface area contributed by atoms with Crippen LogP contribution in [-0.2, 0) is 0 Å². The number of aromatic hydroxyl groups is 2. The van der Waals surface area contributed by atoms with E-state index >= 15 is 0 Å². The summed E-state index contributed by atoms with van der Waals surface area (Å²) in [5.74, 6) is -0.378. The second kappa shape index (κ2) is 8.37. The predicted molar refractivity (Wildman–Crippen MR) is 111 cm³/mol. The Kier molecular flexibility index (Phi) is 5.88. The van der Waals surface area contributed by atoms with Crippen LogP contribution in [-0.4, -0.2) is 61.2 Å². The maximum atomic E-state index is 12.0. The van der Waals surface area contributed by atoms with E-state index in [1.54, 1.807) is 30.1 Å².